The molecule has 0 unspecified atom stereocenters. The molecule has 0 aliphatic rings. The molecule has 0 aliphatic heterocycles. The van der Waals surface area contributed by atoms with Gasteiger partial charge in [0.25, 0.3) is 0 Å². The maximum Gasteiger partial charge on any atom is 0.500 e. The first-order valence-electron chi connectivity index (χ1n) is 5.74. The number of rotatable bonds is 7. The van der Waals surface area contributed by atoms with Crippen molar-refractivity contribution in [3.05, 3.63) is 17.0 Å². The van der Waals surface area contributed by atoms with E-state index in [1.807, 2.05) is 13.8 Å². The van der Waals surface area contributed by atoms with E-state index in [-0.39, 0.29) is 0 Å². The fourth-order valence-electron chi connectivity index (χ4n) is 1.98. The van der Waals surface area contributed by atoms with Crippen molar-refractivity contribution in [2.45, 2.75) is 32.7 Å². The van der Waals surface area contributed by atoms with Crippen LogP contribution < -0.4 is 0 Å². The quantitative estimate of drug-likeness (QED) is 0.758. The maximum atomic E-state index is 5.39. The van der Waals surface area contributed by atoms with Crippen LogP contribution in [0.4, 0.5) is 0 Å². The molecule has 0 saturated carbocycles. The Bertz CT molecular complexity index is 323. The van der Waals surface area contributed by atoms with Crippen molar-refractivity contribution in [2.75, 3.05) is 21.3 Å². The molecule has 98 valence electrons. The molecule has 0 saturated heterocycles. The Balaban J connectivity index is 2.52. The molecular formula is C11H22N2O3Si. The molecule has 1 aromatic rings. The molecule has 0 amide bonds. The molecule has 1 aromatic heterocycles. The second kappa shape index (κ2) is 6.30. The van der Waals surface area contributed by atoms with E-state index in [1.54, 1.807) is 21.3 Å². The van der Waals surface area contributed by atoms with Gasteiger partial charge in [0.15, 0.2) is 0 Å². The minimum atomic E-state index is -2.42. The Morgan fingerprint density at radius 3 is 2.12 bits per heavy atom. The summed E-state index contributed by atoms with van der Waals surface area (Å²) in [7, 11) is 2.52. The molecule has 0 bridgehead atoms. The van der Waals surface area contributed by atoms with Gasteiger partial charge in [-0.2, -0.15) is 5.10 Å². The van der Waals surface area contributed by atoms with E-state index in [1.165, 1.54) is 5.56 Å². The average Bonchev–Trinajstić information content (AvgIpc) is 2.66. The van der Waals surface area contributed by atoms with Gasteiger partial charge in [-0.1, -0.05) is 0 Å². The molecule has 0 spiro atoms. The Hall–Kier alpha value is -0.693. The van der Waals surface area contributed by atoms with Crippen LogP contribution in [0, 0.1) is 13.8 Å². The van der Waals surface area contributed by atoms with Gasteiger partial charge in [0, 0.05) is 33.1 Å². The number of hydrogen-bond donors (Lipinski definition) is 1. The molecule has 0 aliphatic carbocycles. The molecule has 1 heterocycles. The van der Waals surface area contributed by atoms with E-state index < -0.39 is 8.80 Å². The first-order valence-corrected chi connectivity index (χ1v) is 7.67. The van der Waals surface area contributed by atoms with Gasteiger partial charge in [0.2, 0.25) is 0 Å². The summed E-state index contributed by atoms with van der Waals surface area (Å²) in [5.41, 5.74) is 3.50. The lowest BCUT2D eigenvalue weighted by molar-refractivity contribution is 0.123. The van der Waals surface area contributed by atoms with Gasteiger partial charge in [0.05, 0.1) is 5.69 Å². The highest BCUT2D eigenvalue weighted by Crippen LogP contribution is 2.19. The number of aryl methyl sites for hydroxylation is 2. The third-order valence-electron chi connectivity index (χ3n) is 3.12. The standard InChI is InChI=1S/C11H22N2O3Si/c1-9-11(10(2)13-12-9)7-6-8-17(14-3,15-4)16-5/h6-8H2,1-5H3,(H,12,13). The Morgan fingerprint density at radius 1 is 1.12 bits per heavy atom. The number of aromatic nitrogens is 2. The number of nitrogens with zero attached hydrogens (tertiary/aromatic N) is 1. The van der Waals surface area contributed by atoms with Crippen LogP contribution in [-0.4, -0.2) is 40.3 Å². The van der Waals surface area contributed by atoms with Crippen LogP contribution in [0.25, 0.3) is 0 Å². The minimum absolute atomic E-state index is 0.820. The summed E-state index contributed by atoms with van der Waals surface area (Å²) >= 11 is 0. The Morgan fingerprint density at radius 2 is 1.71 bits per heavy atom. The fourth-order valence-corrected chi connectivity index (χ4v) is 3.70. The summed E-state index contributed by atoms with van der Waals surface area (Å²) in [4.78, 5) is 0. The molecule has 6 heteroatoms. The Labute approximate surface area is 104 Å². The summed E-state index contributed by atoms with van der Waals surface area (Å²) in [5, 5.41) is 7.18. The van der Waals surface area contributed by atoms with Gasteiger partial charge >= 0.3 is 8.80 Å². The average molecular weight is 258 g/mol. The molecule has 17 heavy (non-hydrogen) atoms. The second-order valence-corrected chi connectivity index (χ2v) is 7.15. The van der Waals surface area contributed by atoms with Crippen molar-refractivity contribution in [2.24, 2.45) is 0 Å². The largest absolute Gasteiger partial charge is 0.500 e. The molecule has 5 nitrogen and oxygen atoms in total. The SMILES string of the molecule is CO[Si](CCCc1c(C)n[nH]c1C)(OC)OC. The topological polar surface area (TPSA) is 56.4 Å². The molecule has 0 fully saturated rings. The van der Waals surface area contributed by atoms with Crippen LogP contribution >= 0.6 is 0 Å². The van der Waals surface area contributed by atoms with E-state index >= 15 is 0 Å². The first kappa shape index (κ1) is 14.4. The van der Waals surface area contributed by atoms with Gasteiger partial charge < -0.3 is 13.3 Å². The molecule has 1 N–H and O–H groups in total. The molecular weight excluding hydrogens is 236 g/mol. The monoisotopic (exact) mass is 258 g/mol. The van der Waals surface area contributed by atoms with Crippen LogP contribution in [0.2, 0.25) is 6.04 Å². The summed E-state index contributed by atoms with van der Waals surface area (Å²) in [6.45, 7) is 4.06. The highest BCUT2D eigenvalue weighted by Gasteiger charge is 2.36. The van der Waals surface area contributed by atoms with Crippen LogP contribution in [0.3, 0.4) is 0 Å². The fraction of sp³-hybridized carbons (Fsp3) is 0.727. The van der Waals surface area contributed by atoms with E-state index in [0.29, 0.717) is 0 Å². The van der Waals surface area contributed by atoms with Crippen LogP contribution in [0.5, 0.6) is 0 Å². The maximum absolute atomic E-state index is 5.39. The molecule has 0 radical (unpaired) electrons. The molecule has 0 aromatic carbocycles. The summed E-state index contributed by atoms with van der Waals surface area (Å²) < 4.78 is 16.2. The molecule has 1 rings (SSSR count). The van der Waals surface area contributed by atoms with Gasteiger partial charge in [-0.3, -0.25) is 5.10 Å². The Kier molecular flexibility index (Phi) is 5.32. The highest BCUT2D eigenvalue weighted by atomic mass is 28.4. The smallest absolute Gasteiger partial charge is 0.377 e. The van der Waals surface area contributed by atoms with Crippen molar-refractivity contribution in [3.8, 4) is 0 Å². The molecule has 0 atom stereocenters. The third kappa shape index (κ3) is 3.38. The van der Waals surface area contributed by atoms with Crippen molar-refractivity contribution < 1.29 is 13.3 Å². The van der Waals surface area contributed by atoms with Gasteiger partial charge in [-0.15, -0.1) is 0 Å². The van der Waals surface area contributed by atoms with Crippen LogP contribution in [-0.2, 0) is 19.7 Å². The second-order valence-electron chi connectivity index (χ2n) is 4.06. The van der Waals surface area contributed by atoms with Crippen molar-refractivity contribution >= 4 is 8.80 Å². The van der Waals surface area contributed by atoms with E-state index in [9.17, 15) is 0 Å². The number of nitrogens with one attached hydrogen (secondary N) is 1. The zero-order valence-electron chi connectivity index (χ0n) is 11.3. The van der Waals surface area contributed by atoms with Crippen molar-refractivity contribution in [1.82, 2.24) is 10.2 Å². The predicted molar refractivity (Wildman–Crippen MR) is 68.0 cm³/mol. The summed E-state index contributed by atoms with van der Waals surface area (Å²) in [5.74, 6) is 0. The number of aromatic amines is 1. The zero-order valence-corrected chi connectivity index (χ0v) is 12.3. The van der Waals surface area contributed by atoms with Crippen molar-refractivity contribution in [1.29, 1.82) is 0 Å². The van der Waals surface area contributed by atoms with Crippen LogP contribution in [0.15, 0.2) is 0 Å². The van der Waals surface area contributed by atoms with E-state index in [0.717, 1.165) is 30.3 Å². The first-order chi connectivity index (χ1) is 8.08. The number of hydrogen-bond acceptors (Lipinski definition) is 4. The lowest BCUT2D eigenvalue weighted by Gasteiger charge is -2.24. The normalized spacial score (nSPS) is 12.1. The third-order valence-corrected chi connectivity index (χ3v) is 5.96. The lowest BCUT2D eigenvalue weighted by atomic mass is 10.1. The minimum Gasteiger partial charge on any atom is -0.377 e. The number of H-pyrrole nitrogens is 1. The zero-order chi connectivity index (χ0) is 12.9. The van der Waals surface area contributed by atoms with E-state index in [4.69, 9.17) is 13.3 Å². The van der Waals surface area contributed by atoms with Crippen LogP contribution in [0.1, 0.15) is 23.4 Å². The van der Waals surface area contributed by atoms with Crippen molar-refractivity contribution in [3.63, 3.8) is 0 Å². The summed E-state index contributed by atoms with van der Waals surface area (Å²) in [6.07, 6.45) is 1.95. The predicted octanol–water partition coefficient (Wildman–Crippen LogP) is 1.84. The van der Waals surface area contributed by atoms with E-state index in [2.05, 4.69) is 10.2 Å². The summed E-state index contributed by atoms with van der Waals surface area (Å²) in [6, 6.07) is 0.820. The van der Waals surface area contributed by atoms with Gasteiger partial charge in [0.1, 0.15) is 0 Å². The van der Waals surface area contributed by atoms with Gasteiger partial charge in [-0.25, -0.2) is 0 Å². The van der Waals surface area contributed by atoms with Gasteiger partial charge in [-0.05, 0) is 32.3 Å². The lowest BCUT2D eigenvalue weighted by Crippen LogP contribution is -2.42. The highest BCUT2D eigenvalue weighted by molar-refractivity contribution is 6.60.